The Morgan fingerprint density at radius 1 is 1.15 bits per heavy atom. The van der Waals surface area contributed by atoms with Gasteiger partial charge in [-0.05, 0) is 36.6 Å². The normalized spacial score (nSPS) is 10.9. The quantitative estimate of drug-likeness (QED) is 0.469. The van der Waals surface area contributed by atoms with Gasteiger partial charge in [0.15, 0.2) is 0 Å². The number of ether oxygens (including phenoxy) is 1. The minimum Gasteiger partial charge on any atom is -0.493 e. The Balaban J connectivity index is 1.60. The highest BCUT2D eigenvalue weighted by atomic mass is 35.5. The lowest BCUT2D eigenvalue weighted by Crippen LogP contribution is -2.26. The molecule has 0 radical (unpaired) electrons. The van der Waals surface area contributed by atoms with Crippen LogP contribution in [-0.2, 0) is 4.79 Å². The molecule has 0 saturated heterocycles. The van der Waals surface area contributed by atoms with Crippen LogP contribution in [0.1, 0.15) is 12.5 Å². The number of nitrogens with one attached hydrogen (secondary N) is 2. The molecule has 0 bridgehead atoms. The maximum atomic E-state index is 12.1. The van der Waals surface area contributed by atoms with E-state index in [9.17, 15) is 4.79 Å². The van der Waals surface area contributed by atoms with Crippen LogP contribution in [0, 0.1) is 0 Å². The highest BCUT2D eigenvalue weighted by Gasteiger charge is 2.04. The SMILES string of the molecule is CCOc1ccc(Cl)cc1/C=N\NC(=O)CNc1cccc2ccccc12. The van der Waals surface area contributed by atoms with Crippen molar-refractivity contribution in [1.82, 2.24) is 5.43 Å². The molecule has 0 aliphatic carbocycles. The molecule has 27 heavy (non-hydrogen) atoms. The Morgan fingerprint density at radius 2 is 1.96 bits per heavy atom. The zero-order chi connectivity index (χ0) is 19.1. The largest absolute Gasteiger partial charge is 0.493 e. The number of carbonyl (C=O) groups is 1. The number of benzene rings is 3. The van der Waals surface area contributed by atoms with Crippen molar-refractivity contribution in [3.05, 3.63) is 71.2 Å². The Bertz CT molecular complexity index is 967. The molecule has 3 rings (SSSR count). The third-order valence-corrected chi connectivity index (χ3v) is 4.13. The second kappa shape index (κ2) is 9.05. The number of hydrazone groups is 1. The van der Waals surface area contributed by atoms with E-state index in [0.717, 1.165) is 16.5 Å². The molecule has 3 aromatic carbocycles. The first-order valence-corrected chi connectivity index (χ1v) is 9.01. The van der Waals surface area contributed by atoms with Crippen LogP contribution in [-0.4, -0.2) is 25.3 Å². The van der Waals surface area contributed by atoms with Gasteiger partial charge in [-0.25, -0.2) is 5.43 Å². The molecule has 0 atom stereocenters. The van der Waals surface area contributed by atoms with Crippen LogP contribution in [0.4, 0.5) is 5.69 Å². The molecule has 0 aliphatic heterocycles. The van der Waals surface area contributed by atoms with Crippen molar-refractivity contribution in [3.63, 3.8) is 0 Å². The van der Waals surface area contributed by atoms with Crippen LogP contribution < -0.4 is 15.5 Å². The number of anilines is 1. The fourth-order valence-electron chi connectivity index (χ4n) is 2.68. The monoisotopic (exact) mass is 381 g/mol. The highest BCUT2D eigenvalue weighted by Crippen LogP contribution is 2.23. The van der Waals surface area contributed by atoms with E-state index in [2.05, 4.69) is 15.8 Å². The average molecular weight is 382 g/mol. The molecule has 3 aromatic rings. The van der Waals surface area contributed by atoms with Gasteiger partial charge in [-0.1, -0.05) is 48.0 Å². The van der Waals surface area contributed by atoms with Crippen molar-refractivity contribution >= 4 is 40.2 Å². The molecule has 138 valence electrons. The molecular formula is C21H20ClN3O2. The lowest BCUT2D eigenvalue weighted by Gasteiger charge is -2.09. The summed E-state index contributed by atoms with van der Waals surface area (Å²) in [6.07, 6.45) is 1.52. The van der Waals surface area contributed by atoms with Crippen LogP contribution in [0.3, 0.4) is 0 Å². The average Bonchev–Trinajstić information content (AvgIpc) is 2.68. The summed E-state index contributed by atoms with van der Waals surface area (Å²) < 4.78 is 5.52. The molecule has 5 nitrogen and oxygen atoms in total. The van der Waals surface area contributed by atoms with Crippen molar-refractivity contribution in [2.24, 2.45) is 5.10 Å². The van der Waals surface area contributed by atoms with Crippen molar-refractivity contribution < 1.29 is 9.53 Å². The van der Waals surface area contributed by atoms with E-state index in [0.29, 0.717) is 22.9 Å². The molecule has 0 heterocycles. The Labute approximate surface area is 163 Å². The van der Waals surface area contributed by atoms with Gasteiger partial charge in [-0.2, -0.15) is 5.10 Å². The fraction of sp³-hybridized carbons (Fsp3) is 0.143. The van der Waals surface area contributed by atoms with Crippen LogP contribution in [0.2, 0.25) is 5.02 Å². The number of hydrogen-bond acceptors (Lipinski definition) is 4. The van der Waals surface area contributed by atoms with Gasteiger partial charge in [0, 0.05) is 21.7 Å². The number of rotatable bonds is 7. The number of fused-ring (bicyclic) bond motifs is 1. The zero-order valence-corrected chi connectivity index (χ0v) is 15.7. The summed E-state index contributed by atoms with van der Waals surface area (Å²) in [5, 5.41) is 9.90. The van der Waals surface area contributed by atoms with Gasteiger partial charge in [0.05, 0.1) is 19.4 Å². The number of halogens is 1. The van der Waals surface area contributed by atoms with E-state index in [1.807, 2.05) is 49.4 Å². The predicted molar refractivity (Wildman–Crippen MR) is 111 cm³/mol. The first kappa shape index (κ1) is 18.7. The molecule has 0 saturated carbocycles. The lowest BCUT2D eigenvalue weighted by atomic mass is 10.1. The second-order valence-electron chi connectivity index (χ2n) is 5.79. The molecule has 0 fully saturated rings. The number of hydrogen-bond donors (Lipinski definition) is 2. The summed E-state index contributed by atoms with van der Waals surface area (Å²) in [4.78, 5) is 12.1. The summed E-state index contributed by atoms with van der Waals surface area (Å²) >= 11 is 6.01. The molecule has 0 aromatic heterocycles. The van der Waals surface area contributed by atoms with Gasteiger partial charge < -0.3 is 10.1 Å². The number of nitrogens with zero attached hydrogens (tertiary/aromatic N) is 1. The van der Waals surface area contributed by atoms with Gasteiger partial charge >= 0.3 is 0 Å². The van der Waals surface area contributed by atoms with Gasteiger partial charge in [0.25, 0.3) is 5.91 Å². The summed E-state index contributed by atoms with van der Waals surface area (Å²) in [6, 6.07) is 19.2. The van der Waals surface area contributed by atoms with Gasteiger partial charge in [0.1, 0.15) is 5.75 Å². The Morgan fingerprint density at radius 3 is 2.81 bits per heavy atom. The van der Waals surface area contributed by atoms with Crippen LogP contribution in [0.15, 0.2) is 65.8 Å². The molecule has 6 heteroatoms. The van der Waals surface area contributed by atoms with Crippen molar-refractivity contribution in [3.8, 4) is 5.75 Å². The topological polar surface area (TPSA) is 62.7 Å². The maximum absolute atomic E-state index is 12.1. The number of carbonyl (C=O) groups excluding carboxylic acids is 1. The van der Waals surface area contributed by atoms with Crippen molar-refractivity contribution in [1.29, 1.82) is 0 Å². The lowest BCUT2D eigenvalue weighted by molar-refractivity contribution is -0.119. The molecule has 2 N–H and O–H groups in total. The minimum atomic E-state index is -0.251. The molecule has 0 spiro atoms. The summed E-state index contributed by atoms with van der Waals surface area (Å²) in [5.74, 6) is 0.410. The molecular weight excluding hydrogens is 362 g/mol. The predicted octanol–water partition coefficient (Wildman–Crippen LogP) is 4.45. The Hall–Kier alpha value is -3.05. The van der Waals surface area contributed by atoms with E-state index >= 15 is 0 Å². The van der Waals surface area contributed by atoms with E-state index < -0.39 is 0 Å². The summed E-state index contributed by atoms with van der Waals surface area (Å²) in [7, 11) is 0. The zero-order valence-electron chi connectivity index (χ0n) is 14.9. The van der Waals surface area contributed by atoms with Crippen molar-refractivity contribution in [2.45, 2.75) is 6.92 Å². The van der Waals surface area contributed by atoms with Crippen LogP contribution in [0.25, 0.3) is 10.8 Å². The Kier molecular flexibility index (Phi) is 6.28. The van der Waals surface area contributed by atoms with E-state index in [1.165, 1.54) is 6.21 Å². The van der Waals surface area contributed by atoms with Crippen LogP contribution >= 0.6 is 11.6 Å². The third kappa shape index (κ3) is 4.99. The van der Waals surface area contributed by atoms with E-state index in [1.54, 1.807) is 18.2 Å². The molecule has 0 aliphatic rings. The summed E-state index contributed by atoms with van der Waals surface area (Å²) in [5.41, 5.74) is 4.11. The smallest absolute Gasteiger partial charge is 0.259 e. The molecule has 0 unspecified atom stereocenters. The second-order valence-corrected chi connectivity index (χ2v) is 6.23. The van der Waals surface area contributed by atoms with Crippen LogP contribution in [0.5, 0.6) is 5.75 Å². The fourth-order valence-corrected chi connectivity index (χ4v) is 2.86. The first-order chi connectivity index (χ1) is 13.2. The van der Waals surface area contributed by atoms with E-state index in [4.69, 9.17) is 16.3 Å². The first-order valence-electron chi connectivity index (χ1n) is 8.63. The van der Waals surface area contributed by atoms with Gasteiger partial charge in [0.2, 0.25) is 0 Å². The summed E-state index contributed by atoms with van der Waals surface area (Å²) in [6.45, 7) is 2.54. The standard InChI is InChI=1S/C21H20ClN3O2/c1-2-27-20-11-10-17(22)12-16(20)13-24-25-21(26)14-23-19-9-5-7-15-6-3-4-8-18(15)19/h3-13,23H,2,14H2,1H3,(H,25,26)/b24-13-. The molecule has 1 amide bonds. The maximum Gasteiger partial charge on any atom is 0.259 e. The van der Waals surface area contributed by atoms with Crippen molar-refractivity contribution in [2.75, 3.05) is 18.5 Å². The van der Waals surface area contributed by atoms with Gasteiger partial charge in [-0.3, -0.25) is 4.79 Å². The third-order valence-electron chi connectivity index (χ3n) is 3.89. The highest BCUT2D eigenvalue weighted by molar-refractivity contribution is 6.30. The number of amides is 1. The van der Waals surface area contributed by atoms with E-state index in [-0.39, 0.29) is 12.5 Å². The minimum absolute atomic E-state index is 0.110. The van der Waals surface area contributed by atoms with Gasteiger partial charge in [-0.15, -0.1) is 0 Å².